The number of hydrogen-bond donors (Lipinski definition) is 4. The molecule has 4 N–H and O–H groups in total. The van der Waals surface area contributed by atoms with Crippen LogP contribution in [-0.4, -0.2) is 45.1 Å². The Labute approximate surface area is 233 Å². The lowest BCUT2D eigenvalue weighted by Crippen LogP contribution is -2.43. The predicted octanol–water partition coefficient (Wildman–Crippen LogP) is 6.07. The summed E-state index contributed by atoms with van der Waals surface area (Å²) in [4.78, 5) is 32.5. The second kappa shape index (κ2) is 13.1. The number of carbonyl (C=O) groups excluding carboxylic acids is 1. The van der Waals surface area contributed by atoms with E-state index in [1.54, 1.807) is 48.5 Å². The van der Waals surface area contributed by atoms with Crippen LogP contribution in [0, 0.1) is 5.82 Å². The third kappa shape index (κ3) is 7.71. The highest BCUT2D eigenvalue weighted by molar-refractivity contribution is 7.98. The molecule has 0 aliphatic rings. The highest BCUT2D eigenvalue weighted by Crippen LogP contribution is 2.31. The van der Waals surface area contributed by atoms with Gasteiger partial charge in [0.15, 0.2) is 0 Å². The number of benzene rings is 3. The molecule has 0 aliphatic heterocycles. The third-order valence-corrected chi connectivity index (χ3v) is 6.55. The Balaban J connectivity index is 1.49. The smallest absolute Gasteiger partial charge is 0.405 e. The quantitative estimate of drug-likeness (QED) is 0.171. The molecule has 12 heteroatoms. The fourth-order valence-corrected chi connectivity index (χ4v) is 4.44. The summed E-state index contributed by atoms with van der Waals surface area (Å²) in [5, 5.41) is 18.3. The average Bonchev–Trinajstić information content (AvgIpc) is 2.90. The Kier molecular flexibility index (Phi) is 9.40. The SMILES string of the molecule is CSCC[C@H](NC(=O)O)C(=O)Nc1ccc2ncnc(Nc3ccc(OCc4cccc(F)c4)c(Cl)c3)c2c1. The van der Waals surface area contributed by atoms with Crippen LogP contribution < -0.4 is 20.7 Å². The van der Waals surface area contributed by atoms with Crippen molar-refractivity contribution in [2.45, 2.75) is 19.1 Å². The minimum absolute atomic E-state index is 0.162. The van der Waals surface area contributed by atoms with Gasteiger partial charge in [0.2, 0.25) is 5.91 Å². The van der Waals surface area contributed by atoms with Crippen molar-refractivity contribution in [1.29, 1.82) is 0 Å². The van der Waals surface area contributed by atoms with Crippen molar-refractivity contribution in [2.75, 3.05) is 22.6 Å². The molecule has 1 atom stereocenters. The molecule has 0 fully saturated rings. The number of hydrogen-bond acceptors (Lipinski definition) is 7. The number of thioether (sulfide) groups is 1. The van der Waals surface area contributed by atoms with E-state index in [0.29, 0.717) is 56.6 Å². The molecule has 39 heavy (non-hydrogen) atoms. The Morgan fingerprint density at radius 1 is 1.10 bits per heavy atom. The van der Waals surface area contributed by atoms with Gasteiger partial charge in [0, 0.05) is 16.8 Å². The van der Waals surface area contributed by atoms with Gasteiger partial charge in [-0.2, -0.15) is 11.8 Å². The highest BCUT2D eigenvalue weighted by Gasteiger charge is 2.20. The van der Waals surface area contributed by atoms with Crippen molar-refractivity contribution in [3.8, 4) is 5.75 Å². The fourth-order valence-electron chi connectivity index (χ4n) is 3.74. The Bertz CT molecular complexity index is 1490. The van der Waals surface area contributed by atoms with Crippen molar-refractivity contribution >= 4 is 63.5 Å². The number of nitrogens with one attached hydrogen (secondary N) is 3. The first-order chi connectivity index (χ1) is 18.8. The molecule has 3 aromatic carbocycles. The van der Waals surface area contributed by atoms with Gasteiger partial charge in [-0.05, 0) is 72.5 Å². The van der Waals surface area contributed by atoms with Crippen LogP contribution >= 0.6 is 23.4 Å². The lowest BCUT2D eigenvalue weighted by Gasteiger charge is -2.17. The molecule has 2 amide bonds. The minimum Gasteiger partial charge on any atom is -0.487 e. The van der Waals surface area contributed by atoms with Crippen LogP contribution in [0.2, 0.25) is 5.02 Å². The van der Waals surface area contributed by atoms with Gasteiger partial charge in [-0.25, -0.2) is 19.2 Å². The van der Waals surface area contributed by atoms with Crippen LogP contribution in [0.3, 0.4) is 0 Å². The molecule has 0 aliphatic carbocycles. The van der Waals surface area contributed by atoms with Crippen LogP contribution in [0.5, 0.6) is 5.75 Å². The minimum atomic E-state index is -1.27. The van der Waals surface area contributed by atoms with E-state index >= 15 is 0 Å². The summed E-state index contributed by atoms with van der Waals surface area (Å²) in [6, 6.07) is 15.5. The average molecular weight is 570 g/mol. The van der Waals surface area contributed by atoms with Gasteiger partial charge >= 0.3 is 6.09 Å². The lowest BCUT2D eigenvalue weighted by atomic mass is 10.1. The van der Waals surface area contributed by atoms with Crippen molar-refractivity contribution < 1.29 is 23.8 Å². The summed E-state index contributed by atoms with van der Waals surface area (Å²) < 4.78 is 19.1. The summed E-state index contributed by atoms with van der Waals surface area (Å²) in [7, 11) is 0. The van der Waals surface area contributed by atoms with Crippen molar-refractivity contribution in [1.82, 2.24) is 15.3 Å². The van der Waals surface area contributed by atoms with Crippen LogP contribution in [-0.2, 0) is 11.4 Å². The molecule has 0 spiro atoms. The summed E-state index contributed by atoms with van der Waals surface area (Å²) >= 11 is 7.95. The number of aromatic nitrogens is 2. The lowest BCUT2D eigenvalue weighted by molar-refractivity contribution is -0.118. The summed E-state index contributed by atoms with van der Waals surface area (Å²) in [5.74, 6) is 0.736. The number of halogens is 2. The molecule has 202 valence electrons. The number of fused-ring (bicyclic) bond motifs is 1. The fraction of sp³-hybridized carbons (Fsp3) is 0.185. The maximum absolute atomic E-state index is 13.4. The molecule has 1 aromatic heterocycles. The standard InChI is InChI=1S/C27H25ClFN5O4S/c1-39-10-9-23(34-27(36)37)26(35)33-18-5-7-22-20(12-18)25(31-15-30-22)32-19-6-8-24(21(28)13-19)38-14-16-3-2-4-17(29)11-16/h2-8,11-13,15,23,34H,9-10,14H2,1H3,(H,33,35)(H,36,37)(H,30,31,32)/t23-/m0/s1. The number of ether oxygens (including phenoxy) is 1. The van der Waals surface area contributed by atoms with Gasteiger partial charge < -0.3 is 25.8 Å². The second-order valence-electron chi connectivity index (χ2n) is 8.42. The summed E-state index contributed by atoms with van der Waals surface area (Å²) in [6.07, 6.45) is 2.38. The molecule has 4 aromatic rings. The summed E-state index contributed by atoms with van der Waals surface area (Å²) in [5.41, 5.74) is 2.41. The Morgan fingerprint density at radius 2 is 1.92 bits per heavy atom. The Hall–Kier alpha value is -4.09. The van der Waals surface area contributed by atoms with Gasteiger partial charge in [-0.3, -0.25) is 4.79 Å². The number of carboxylic acid groups (broad SMARTS) is 1. The molecule has 4 rings (SSSR count). The van der Waals surface area contributed by atoms with Crippen LogP contribution in [0.1, 0.15) is 12.0 Å². The third-order valence-electron chi connectivity index (χ3n) is 5.61. The van der Waals surface area contributed by atoms with Gasteiger partial charge in [0.25, 0.3) is 0 Å². The molecule has 0 saturated heterocycles. The molecular weight excluding hydrogens is 545 g/mol. The first-order valence-corrected chi connectivity index (χ1v) is 13.6. The molecule has 0 saturated carbocycles. The van der Waals surface area contributed by atoms with E-state index in [9.17, 15) is 14.0 Å². The number of carbonyl (C=O) groups is 2. The van der Waals surface area contributed by atoms with Gasteiger partial charge in [-0.15, -0.1) is 0 Å². The largest absolute Gasteiger partial charge is 0.487 e. The zero-order valence-corrected chi connectivity index (χ0v) is 22.4. The maximum Gasteiger partial charge on any atom is 0.405 e. The van der Waals surface area contributed by atoms with Crippen molar-refractivity contribution in [3.05, 3.63) is 83.4 Å². The van der Waals surface area contributed by atoms with E-state index in [0.717, 1.165) is 0 Å². The zero-order chi connectivity index (χ0) is 27.8. The molecular formula is C27H25ClFN5O4S. The van der Waals surface area contributed by atoms with Gasteiger partial charge in [0.1, 0.15) is 36.4 Å². The summed E-state index contributed by atoms with van der Waals surface area (Å²) in [6.45, 7) is 0.162. The van der Waals surface area contributed by atoms with E-state index in [1.807, 2.05) is 6.26 Å². The van der Waals surface area contributed by atoms with Crippen LogP contribution in [0.25, 0.3) is 10.9 Å². The highest BCUT2D eigenvalue weighted by atomic mass is 35.5. The Morgan fingerprint density at radius 3 is 2.67 bits per heavy atom. The van der Waals surface area contributed by atoms with Crippen LogP contribution in [0.15, 0.2) is 67.0 Å². The van der Waals surface area contributed by atoms with E-state index < -0.39 is 18.0 Å². The predicted molar refractivity (Wildman–Crippen MR) is 152 cm³/mol. The van der Waals surface area contributed by atoms with E-state index in [1.165, 1.54) is 30.2 Å². The topological polar surface area (TPSA) is 125 Å². The van der Waals surface area contributed by atoms with E-state index in [4.69, 9.17) is 21.4 Å². The molecule has 0 radical (unpaired) electrons. The maximum atomic E-state index is 13.4. The first kappa shape index (κ1) is 27.9. The van der Waals surface area contributed by atoms with Crippen molar-refractivity contribution in [2.24, 2.45) is 0 Å². The zero-order valence-electron chi connectivity index (χ0n) is 20.8. The normalized spacial score (nSPS) is 11.6. The van der Waals surface area contributed by atoms with Crippen molar-refractivity contribution in [3.63, 3.8) is 0 Å². The van der Waals surface area contributed by atoms with E-state index in [2.05, 4.69) is 25.9 Å². The first-order valence-electron chi connectivity index (χ1n) is 11.8. The molecule has 9 nitrogen and oxygen atoms in total. The van der Waals surface area contributed by atoms with Gasteiger partial charge in [0.05, 0.1) is 10.5 Å². The molecule has 1 heterocycles. The molecule has 0 bridgehead atoms. The number of rotatable bonds is 11. The number of nitrogens with zero attached hydrogens (tertiary/aromatic N) is 2. The number of amides is 2. The van der Waals surface area contributed by atoms with Crippen LogP contribution in [0.4, 0.5) is 26.4 Å². The number of anilines is 3. The van der Waals surface area contributed by atoms with Gasteiger partial charge in [-0.1, -0.05) is 23.7 Å². The molecule has 0 unspecified atom stereocenters. The second-order valence-corrected chi connectivity index (χ2v) is 9.81. The van der Waals surface area contributed by atoms with E-state index in [-0.39, 0.29) is 12.4 Å². The monoisotopic (exact) mass is 569 g/mol.